The maximum Gasteiger partial charge on any atom is 0.418 e. The van der Waals surface area contributed by atoms with Crippen LogP contribution in [0, 0.1) is 0 Å². The maximum atomic E-state index is 13.8. The highest BCUT2D eigenvalue weighted by Gasteiger charge is 2.35. The van der Waals surface area contributed by atoms with Gasteiger partial charge in [0.1, 0.15) is 0 Å². The van der Waals surface area contributed by atoms with Gasteiger partial charge in [0.2, 0.25) is 0 Å². The van der Waals surface area contributed by atoms with Gasteiger partial charge in [0.05, 0.1) is 33.5 Å². The van der Waals surface area contributed by atoms with Crippen LogP contribution in [0.15, 0.2) is 54.6 Å². The second-order valence-electron chi connectivity index (χ2n) is 8.04. The van der Waals surface area contributed by atoms with E-state index >= 15 is 0 Å². The fourth-order valence-corrected chi connectivity index (χ4v) is 3.82. The molecule has 0 saturated carbocycles. The van der Waals surface area contributed by atoms with Gasteiger partial charge in [-0.3, -0.25) is 9.59 Å². The van der Waals surface area contributed by atoms with Gasteiger partial charge >= 0.3 is 30.1 Å². The van der Waals surface area contributed by atoms with Gasteiger partial charge in [-0.1, -0.05) is 0 Å². The third kappa shape index (κ3) is 4.25. The number of anilines is 2. The van der Waals surface area contributed by atoms with Crippen LogP contribution in [0.4, 0.5) is 24.5 Å². The molecule has 2 amide bonds. The first-order chi connectivity index (χ1) is 17.9. The molecule has 2 N–H and O–H groups in total. The largest absolute Gasteiger partial charge is 0.418 e. The Morgan fingerprint density at radius 2 is 1.08 bits per heavy atom. The van der Waals surface area contributed by atoms with E-state index in [-0.39, 0.29) is 39.1 Å². The number of carbonyl (C=O) groups is 6. The highest BCUT2D eigenvalue weighted by molar-refractivity contribution is 6.17. The van der Waals surface area contributed by atoms with Crippen LogP contribution >= 0.6 is 0 Å². The number of alkyl halides is 3. The van der Waals surface area contributed by atoms with Crippen molar-refractivity contribution in [3.8, 4) is 0 Å². The molecule has 0 aliphatic carbocycles. The molecule has 0 bridgehead atoms. The van der Waals surface area contributed by atoms with Gasteiger partial charge in [0.25, 0.3) is 11.8 Å². The maximum absolute atomic E-state index is 13.8. The third-order valence-corrected chi connectivity index (χ3v) is 5.64. The van der Waals surface area contributed by atoms with Gasteiger partial charge in [-0.15, -0.1) is 0 Å². The van der Waals surface area contributed by atoms with E-state index in [4.69, 9.17) is 0 Å². The highest BCUT2D eigenvalue weighted by Crippen LogP contribution is 2.37. The van der Waals surface area contributed by atoms with E-state index in [0.717, 1.165) is 36.4 Å². The van der Waals surface area contributed by atoms with Crippen molar-refractivity contribution in [2.24, 2.45) is 0 Å². The molecular formula is C25H11F3N2O8. The van der Waals surface area contributed by atoms with Crippen LogP contribution in [0.2, 0.25) is 0 Å². The lowest BCUT2D eigenvalue weighted by Gasteiger charge is -2.16. The Morgan fingerprint density at radius 3 is 1.58 bits per heavy atom. The topological polar surface area (TPSA) is 145 Å². The number of hydrogen-bond acceptors (Lipinski definition) is 8. The summed E-state index contributed by atoms with van der Waals surface area (Å²) in [4.78, 5) is 71.7. The van der Waals surface area contributed by atoms with E-state index < -0.39 is 53.1 Å². The molecule has 2 heterocycles. The lowest BCUT2D eigenvalue weighted by molar-refractivity contribution is -0.136. The Hall–Kier alpha value is -5.33. The molecule has 190 valence electrons. The number of cyclic esters (lactones) is 4. The zero-order chi connectivity index (χ0) is 27.4. The van der Waals surface area contributed by atoms with Gasteiger partial charge in [-0.25, -0.2) is 19.2 Å². The summed E-state index contributed by atoms with van der Waals surface area (Å²) in [6, 6.07) is 9.41. The minimum atomic E-state index is -4.95. The molecule has 2 aliphatic heterocycles. The number of nitrogens with one attached hydrogen (secondary N) is 2. The molecule has 0 fully saturated rings. The van der Waals surface area contributed by atoms with Crippen LogP contribution in [-0.4, -0.2) is 35.7 Å². The van der Waals surface area contributed by atoms with Crippen molar-refractivity contribution >= 4 is 47.1 Å². The van der Waals surface area contributed by atoms with E-state index in [1.807, 2.05) is 0 Å². The number of rotatable bonds is 4. The minimum absolute atomic E-state index is 0.0436. The molecule has 5 rings (SSSR count). The van der Waals surface area contributed by atoms with Crippen LogP contribution in [0.1, 0.15) is 67.7 Å². The predicted octanol–water partition coefficient (Wildman–Crippen LogP) is 3.83. The molecule has 0 atom stereocenters. The number of amides is 2. The minimum Gasteiger partial charge on any atom is -0.386 e. The van der Waals surface area contributed by atoms with Gasteiger partial charge in [0.15, 0.2) is 0 Å². The molecule has 3 aromatic rings. The molecule has 10 nitrogen and oxygen atoms in total. The lowest BCUT2D eigenvalue weighted by Crippen LogP contribution is -2.18. The third-order valence-electron chi connectivity index (χ3n) is 5.64. The summed E-state index contributed by atoms with van der Waals surface area (Å²) in [5, 5.41) is 4.37. The molecule has 0 aromatic heterocycles. The first kappa shape index (κ1) is 24.4. The highest BCUT2D eigenvalue weighted by atomic mass is 19.4. The SMILES string of the molecule is O=C(Nc1ccc(NC(=O)c2ccc3c(c2)C(=O)OC3=O)c(C(F)(F)F)c1)c1ccc2c(c1)C(=O)OC2=O. The molecule has 38 heavy (non-hydrogen) atoms. The second-order valence-corrected chi connectivity index (χ2v) is 8.04. The molecule has 0 saturated heterocycles. The molecule has 0 unspecified atom stereocenters. The fraction of sp³-hybridized carbons (Fsp3) is 0.0400. The summed E-state index contributed by atoms with van der Waals surface area (Å²) in [7, 11) is 0. The van der Waals surface area contributed by atoms with Crippen molar-refractivity contribution in [1.82, 2.24) is 0 Å². The van der Waals surface area contributed by atoms with Crippen molar-refractivity contribution in [3.05, 3.63) is 93.5 Å². The monoisotopic (exact) mass is 524 g/mol. The van der Waals surface area contributed by atoms with Crippen LogP contribution < -0.4 is 10.6 Å². The van der Waals surface area contributed by atoms with Gasteiger partial charge in [-0.05, 0) is 54.6 Å². The Morgan fingerprint density at radius 1 is 0.605 bits per heavy atom. The van der Waals surface area contributed by atoms with Crippen LogP contribution in [0.25, 0.3) is 0 Å². The predicted molar refractivity (Wildman–Crippen MR) is 120 cm³/mol. The van der Waals surface area contributed by atoms with Crippen molar-refractivity contribution in [2.45, 2.75) is 6.18 Å². The number of fused-ring (bicyclic) bond motifs is 2. The van der Waals surface area contributed by atoms with Crippen molar-refractivity contribution in [2.75, 3.05) is 10.6 Å². The van der Waals surface area contributed by atoms with Gasteiger partial charge in [-0.2, -0.15) is 13.2 Å². The summed E-state index contributed by atoms with van der Waals surface area (Å²) in [6.45, 7) is 0. The van der Waals surface area contributed by atoms with E-state index in [2.05, 4.69) is 20.1 Å². The van der Waals surface area contributed by atoms with Crippen molar-refractivity contribution in [3.63, 3.8) is 0 Å². The summed E-state index contributed by atoms with van der Waals surface area (Å²) in [5.74, 6) is -5.58. The van der Waals surface area contributed by atoms with Crippen molar-refractivity contribution in [1.29, 1.82) is 0 Å². The summed E-state index contributed by atoms with van der Waals surface area (Å²) >= 11 is 0. The van der Waals surface area contributed by atoms with Crippen LogP contribution in [0.3, 0.4) is 0 Å². The molecular weight excluding hydrogens is 513 g/mol. The number of benzene rings is 3. The first-order valence-corrected chi connectivity index (χ1v) is 10.6. The van der Waals surface area contributed by atoms with Gasteiger partial charge in [0, 0.05) is 16.8 Å². The fourth-order valence-electron chi connectivity index (χ4n) is 3.82. The number of ether oxygens (including phenoxy) is 2. The number of hydrogen-bond donors (Lipinski definition) is 2. The summed E-state index contributed by atoms with van der Waals surface area (Å²) in [5.41, 5.74) is -2.99. The van der Waals surface area contributed by atoms with E-state index in [1.165, 1.54) is 12.1 Å². The van der Waals surface area contributed by atoms with E-state index in [9.17, 15) is 41.9 Å². The molecule has 3 aromatic carbocycles. The average Bonchev–Trinajstić information content (AvgIpc) is 3.32. The Labute approximate surface area is 209 Å². The van der Waals surface area contributed by atoms with Crippen LogP contribution in [0.5, 0.6) is 0 Å². The second kappa shape index (κ2) is 8.65. The van der Waals surface area contributed by atoms with Gasteiger partial charge < -0.3 is 20.1 Å². The average molecular weight is 524 g/mol. The quantitative estimate of drug-likeness (QED) is 0.387. The zero-order valence-electron chi connectivity index (χ0n) is 18.6. The summed E-state index contributed by atoms with van der Waals surface area (Å²) in [6.07, 6.45) is -4.95. The number of carbonyl (C=O) groups excluding carboxylic acids is 6. The number of halogens is 3. The first-order valence-electron chi connectivity index (χ1n) is 10.6. The molecule has 0 radical (unpaired) electrons. The zero-order valence-corrected chi connectivity index (χ0v) is 18.6. The lowest BCUT2D eigenvalue weighted by atomic mass is 10.0. The Balaban J connectivity index is 1.39. The van der Waals surface area contributed by atoms with E-state index in [0.29, 0.717) is 6.07 Å². The standard InChI is InChI=1S/C25H11F3N2O8/c26-25(27,28)17-9-12(29-19(31)10-1-4-13-15(7-10)23(35)37-21(13)33)3-6-18(17)30-20(32)11-2-5-14-16(8-11)24(36)38-22(14)34/h1-9H,(H,29,31)(H,30,32). The van der Waals surface area contributed by atoms with Crippen molar-refractivity contribution < 1.29 is 51.4 Å². The Bertz CT molecular complexity index is 1630. The normalized spacial score (nSPS) is 14.0. The number of esters is 4. The van der Waals surface area contributed by atoms with Crippen LogP contribution in [-0.2, 0) is 15.7 Å². The molecule has 13 heteroatoms. The smallest absolute Gasteiger partial charge is 0.386 e. The molecule has 2 aliphatic rings. The summed E-state index contributed by atoms with van der Waals surface area (Å²) < 4.78 is 50.3. The molecule has 0 spiro atoms. The van der Waals surface area contributed by atoms with E-state index in [1.54, 1.807) is 0 Å². The Kier molecular flexibility index (Phi) is 5.55.